The van der Waals surface area contributed by atoms with E-state index in [1.807, 2.05) is 12.1 Å². The molecule has 2 aromatic rings. The van der Waals surface area contributed by atoms with Crippen LogP contribution in [0, 0.1) is 0 Å². The maximum Gasteiger partial charge on any atom is 0.264 e. The minimum Gasteiger partial charge on any atom is -0.379 e. The molecule has 2 heterocycles. The molecular formula is C21H26N2O5S2. The molecule has 0 bridgehead atoms. The largest absolute Gasteiger partial charge is 0.379 e. The number of nitrogens with zero attached hydrogens (tertiary/aromatic N) is 2. The molecule has 4 rings (SSSR count). The van der Waals surface area contributed by atoms with Crippen molar-refractivity contribution in [1.29, 1.82) is 0 Å². The number of hydrogen-bond acceptors (Lipinski definition) is 5. The topological polar surface area (TPSA) is 84.0 Å². The molecule has 0 amide bonds. The normalized spacial score (nSPS) is 17.8. The van der Waals surface area contributed by atoms with Gasteiger partial charge in [0.1, 0.15) is 0 Å². The van der Waals surface area contributed by atoms with Gasteiger partial charge in [0.25, 0.3) is 10.0 Å². The monoisotopic (exact) mass is 450 g/mol. The molecular weight excluding hydrogens is 424 g/mol. The highest BCUT2D eigenvalue weighted by Gasteiger charge is 2.33. The Balaban J connectivity index is 1.61. The number of hydrogen-bond donors (Lipinski definition) is 0. The first-order chi connectivity index (χ1) is 14.3. The summed E-state index contributed by atoms with van der Waals surface area (Å²) in [5.41, 5.74) is 2.39. The summed E-state index contributed by atoms with van der Waals surface area (Å²) in [7, 11) is -7.31. The molecule has 2 aliphatic heterocycles. The van der Waals surface area contributed by atoms with Gasteiger partial charge in [0.2, 0.25) is 10.0 Å². The number of sulfonamides is 2. The third kappa shape index (κ3) is 3.87. The zero-order valence-electron chi connectivity index (χ0n) is 17.0. The van der Waals surface area contributed by atoms with E-state index in [2.05, 4.69) is 6.92 Å². The summed E-state index contributed by atoms with van der Waals surface area (Å²) in [5.74, 6) is 0. The number of aryl methyl sites for hydroxylation is 1. The SMILES string of the molecule is CCCc1ccc(S(=O)(=O)N2CCc3cc(S(=O)(=O)N4CCOCC4)ccc32)cc1. The van der Waals surface area contributed by atoms with Crippen LogP contribution in [0.15, 0.2) is 52.3 Å². The highest BCUT2D eigenvalue weighted by Crippen LogP contribution is 2.35. The fraction of sp³-hybridized carbons (Fsp3) is 0.429. The number of rotatable bonds is 6. The minimum absolute atomic E-state index is 0.200. The summed E-state index contributed by atoms with van der Waals surface area (Å²) in [6.45, 7) is 3.80. The van der Waals surface area contributed by atoms with Crippen LogP contribution in [0.5, 0.6) is 0 Å². The molecule has 0 aliphatic carbocycles. The highest BCUT2D eigenvalue weighted by molar-refractivity contribution is 7.92. The lowest BCUT2D eigenvalue weighted by atomic mass is 10.1. The highest BCUT2D eigenvalue weighted by atomic mass is 32.2. The van der Waals surface area contributed by atoms with Crippen LogP contribution in [0.1, 0.15) is 24.5 Å². The van der Waals surface area contributed by atoms with Crippen molar-refractivity contribution in [1.82, 2.24) is 4.31 Å². The summed E-state index contributed by atoms with van der Waals surface area (Å²) in [6.07, 6.45) is 2.39. The van der Waals surface area contributed by atoms with E-state index in [9.17, 15) is 16.8 Å². The van der Waals surface area contributed by atoms with E-state index >= 15 is 0 Å². The Hall–Kier alpha value is -1.94. The van der Waals surface area contributed by atoms with Crippen LogP contribution < -0.4 is 4.31 Å². The van der Waals surface area contributed by atoms with Gasteiger partial charge in [0, 0.05) is 19.6 Å². The van der Waals surface area contributed by atoms with Gasteiger partial charge in [0.05, 0.1) is 28.7 Å². The fourth-order valence-corrected chi connectivity index (χ4v) is 6.90. The number of fused-ring (bicyclic) bond motifs is 1. The van der Waals surface area contributed by atoms with Gasteiger partial charge in [0.15, 0.2) is 0 Å². The predicted molar refractivity (Wildman–Crippen MR) is 115 cm³/mol. The smallest absolute Gasteiger partial charge is 0.264 e. The molecule has 0 atom stereocenters. The van der Waals surface area contributed by atoms with Gasteiger partial charge in [-0.1, -0.05) is 25.5 Å². The molecule has 30 heavy (non-hydrogen) atoms. The van der Waals surface area contributed by atoms with E-state index in [1.165, 1.54) is 14.7 Å². The van der Waals surface area contributed by atoms with Gasteiger partial charge in [-0.05, 0) is 54.3 Å². The molecule has 1 fully saturated rings. The van der Waals surface area contributed by atoms with Gasteiger partial charge >= 0.3 is 0 Å². The maximum absolute atomic E-state index is 13.2. The Labute approximate surface area is 178 Å². The summed E-state index contributed by atoms with van der Waals surface area (Å²) in [4.78, 5) is 0.450. The zero-order valence-corrected chi connectivity index (χ0v) is 18.6. The van der Waals surface area contributed by atoms with Crippen molar-refractivity contribution in [3.63, 3.8) is 0 Å². The zero-order chi connectivity index (χ0) is 21.4. The first-order valence-corrected chi connectivity index (χ1v) is 13.0. The lowest BCUT2D eigenvalue weighted by molar-refractivity contribution is 0.0730. The van der Waals surface area contributed by atoms with Gasteiger partial charge in [-0.3, -0.25) is 4.31 Å². The van der Waals surface area contributed by atoms with Crippen molar-refractivity contribution in [3.8, 4) is 0 Å². The predicted octanol–water partition coefficient (Wildman–Crippen LogP) is 2.41. The van der Waals surface area contributed by atoms with Crippen LogP contribution in [-0.4, -0.2) is 54.0 Å². The van der Waals surface area contributed by atoms with Crippen molar-refractivity contribution in [2.24, 2.45) is 0 Å². The van der Waals surface area contributed by atoms with E-state index < -0.39 is 20.0 Å². The lowest BCUT2D eigenvalue weighted by Crippen LogP contribution is -2.40. The second-order valence-corrected chi connectivity index (χ2v) is 11.3. The Bertz CT molecular complexity index is 1120. The lowest BCUT2D eigenvalue weighted by Gasteiger charge is -2.26. The van der Waals surface area contributed by atoms with Crippen molar-refractivity contribution >= 4 is 25.7 Å². The average Bonchev–Trinajstić information content (AvgIpc) is 3.19. The molecule has 0 spiro atoms. The second-order valence-electron chi connectivity index (χ2n) is 7.53. The molecule has 0 N–H and O–H groups in total. The molecule has 0 radical (unpaired) electrons. The molecule has 0 saturated carbocycles. The van der Waals surface area contributed by atoms with Gasteiger partial charge in [-0.25, -0.2) is 16.8 Å². The third-order valence-electron chi connectivity index (χ3n) is 5.56. The molecule has 2 aliphatic rings. The Morgan fingerprint density at radius 2 is 1.53 bits per heavy atom. The summed E-state index contributed by atoms with van der Waals surface area (Å²) >= 11 is 0. The van der Waals surface area contributed by atoms with E-state index in [0.717, 1.165) is 24.0 Å². The Kier molecular flexibility index (Phi) is 5.89. The van der Waals surface area contributed by atoms with E-state index in [4.69, 9.17) is 4.74 Å². The standard InChI is InChI=1S/C21H26N2O5S2/c1-2-3-17-4-6-19(7-5-17)30(26,27)23-11-10-18-16-20(8-9-21(18)23)29(24,25)22-12-14-28-15-13-22/h4-9,16H,2-3,10-15H2,1H3. The molecule has 162 valence electrons. The Morgan fingerprint density at radius 3 is 2.20 bits per heavy atom. The van der Waals surface area contributed by atoms with Crippen LogP contribution in [0.3, 0.4) is 0 Å². The molecule has 7 nitrogen and oxygen atoms in total. The summed E-state index contributed by atoms with van der Waals surface area (Å²) < 4.78 is 60.2. The van der Waals surface area contributed by atoms with Crippen molar-refractivity contribution in [3.05, 3.63) is 53.6 Å². The van der Waals surface area contributed by atoms with E-state index in [-0.39, 0.29) is 9.79 Å². The van der Waals surface area contributed by atoms with Crippen LogP contribution in [-0.2, 0) is 37.6 Å². The average molecular weight is 451 g/mol. The maximum atomic E-state index is 13.2. The van der Waals surface area contributed by atoms with Gasteiger partial charge in [-0.15, -0.1) is 0 Å². The summed E-state index contributed by atoms with van der Waals surface area (Å²) in [5, 5.41) is 0. The molecule has 9 heteroatoms. The van der Waals surface area contributed by atoms with Crippen LogP contribution in [0.2, 0.25) is 0 Å². The Morgan fingerprint density at radius 1 is 0.867 bits per heavy atom. The number of benzene rings is 2. The third-order valence-corrected chi connectivity index (χ3v) is 9.28. The van der Waals surface area contributed by atoms with Crippen molar-refractivity contribution in [2.45, 2.75) is 36.0 Å². The molecule has 2 aromatic carbocycles. The number of anilines is 1. The van der Waals surface area contributed by atoms with Gasteiger partial charge < -0.3 is 4.74 Å². The molecule has 0 unspecified atom stereocenters. The van der Waals surface area contributed by atoms with Crippen molar-refractivity contribution < 1.29 is 21.6 Å². The van der Waals surface area contributed by atoms with E-state index in [1.54, 1.807) is 24.3 Å². The first-order valence-electron chi connectivity index (χ1n) is 10.2. The van der Waals surface area contributed by atoms with Crippen molar-refractivity contribution in [2.75, 3.05) is 37.2 Å². The summed E-state index contributed by atoms with van der Waals surface area (Å²) in [6, 6.07) is 11.7. The second kappa shape index (κ2) is 8.30. The fourth-order valence-electron chi connectivity index (χ4n) is 3.94. The minimum atomic E-state index is -3.70. The number of morpholine rings is 1. The van der Waals surface area contributed by atoms with Crippen LogP contribution >= 0.6 is 0 Å². The number of ether oxygens (including phenoxy) is 1. The van der Waals surface area contributed by atoms with Crippen LogP contribution in [0.4, 0.5) is 5.69 Å². The van der Waals surface area contributed by atoms with Crippen LogP contribution in [0.25, 0.3) is 0 Å². The quantitative estimate of drug-likeness (QED) is 0.675. The first kappa shape index (κ1) is 21.3. The van der Waals surface area contributed by atoms with E-state index in [0.29, 0.717) is 45.0 Å². The molecule has 0 aromatic heterocycles. The molecule has 1 saturated heterocycles. The van der Waals surface area contributed by atoms with Gasteiger partial charge in [-0.2, -0.15) is 4.31 Å².